The van der Waals surface area contributed by atoms with E-state index in [1.165, 1.54) is 23.5 Å². The largest absolute Gasteiger partial charge is 0.480 e. The number of nitrogens with zero attached hydrogens (tertiary/aromatic N) is 2. The second-order valence-electron chi connectivity index (χ2n) is 5.83. The molecule has 1 amide bonds. The van der Waals surface area contributed by atoms with Crippen LogP contribution in [0.2, 0.25) is 0 Å². The van der Waals surface area contributed by atoms with E-state index in [0.29, 0.717) is 12.0 Å². The zero-order valence-corrected chi connectivity index (χ0v) is 13.8. The van der Waals surface area contributed by atoms with Gasteiger partial charge in [-0.2, -0.15) is 0 Å². The maximum Gasteiger partial charge on any atom is 0.323 e. The minimum Gasteiger partial charge on any atom is -0.480 e. The molecule has 0 bridgehead atoms. The number of carbonyl (C=O) groups is 2. The molecule has 0 spiro atoms. The van der Waals surface area contributed by atoms with Gasteiger partial charge < -0.3 is 5.11 Å². The molecular weight excluding hydrogens is 343 g/mol. The maximum atomic E-state index is 14.2. The van der Waals surface area contributed by atoms with Gasteiger partial charge in [0, 0.05) is 6.42 Å². The van der Waals surface area contributed by atoms with E-state index >= 15 is 0 Å². The van der Waals surface area contributed by atoms with Crippen molar-refractivity contribution in [3.8, 4) is 0 Å². The molecule has 0 saturated carbocycles. The maximum absolute atomic E-state index is 14.2. The van der Waals surface area contributed by atoms with E-state index in [2.05, 4.69) is 4.98 Å². The Morgan fingerprint density at radius 2 is 2.04 bits per heavy atom. The number of carboxylic acid groups (broad SMARTS) is 1. The Morgan fingerprint density at radius 3 is 2.80 bits per heavy atom. The molecule has 0 fully saturated rings. The topological polar surface area (TPSA) is 70.5 Å². The van der Waals surface area contributed by atoms with E-state index in [9.17, 15) is 14.0 Å². The summed E-state index contributed by atoms with van der Waals surface area (Å²) in [6.07, 6.45) is 0.324. The zero-order chi connectivity index (χ0) is 17.6. The number of anilines is 1. The van der Waals surface area contributed by atoms with Gasteiger partial charge in [0.1, 0.15) is 12.4 Å². The summed E-state index contributed by atoms with van der Waals surface area (Å²) in [6.45, 7) is -0.552. The van der Waals surface area contributed by atoms with Crippen LogP contribution in [0.4, 0.5) is 10.1 Å². The molecular formula is C18H13FN2O3S. The van der Waals surface area contributed by atoms with Gasteiger partial charge in [0.2, 0.25) is 5.91 Å². The van der Waals surface area contributed by atoms with Crippen LogP contribution in [-0.2, 0) is 16.0 Å². The lowest BCUT2D eigenvalue weighted by atomic mass is 9.97. The van der Waals surface area contributed by atoms with Crippen LogP contribution in [0.25, 0.3) is 10.2 Å². The van der Waals surface area contributed by atoms with Gasteiger partial charge in [-0.1, -0.05) is 24.3 Å². The number of hydrogen-bond acceptors (Lipinski definition) is 4. The molecule has 1 N–H and O–H groups in total. The third-order valence-corrected chi connectivity index (χ3v) is 5.30. The summed E-state index contributed by atoms with van der Waals surface area (Å²) in [5.41, 5.74) is 1.45. The molecule has 3 aromatic rings. The molecule has 1 aliphatic rings. The number of amides is 1. The molecule has 4 rings (SSSR count). The molecule has 2 aromatic carbocycles. The minimum absolute atomic E-state index is 0.0704. The van der Waals surface area contributed by atoms with Crippen LogP contribution in [0.3, 0.4) is 0 Å². The number of carbonyl (C=O) groups excluding carboxylic acids is 1. The van der Waals surface area contributed by atoms with E-state index in [0.717, 1.165) is 20.1 Å². The van der Waals surface area contributed by atoms with Gasteiger partial charge in [0.15, 0.2) is 0 Å². The number of thiazole rings is 1. The summed E-state index contributed by atoms with van der Waals surface area (Å²) in [5.74, 6) is -2.78. The number of fused-ring (bicyclic) bond motifs is 2. The van der Waals surface area contributed by atoms with Crippen molar-refractivity contribution < 1.29 is 19.1 Å². The number of aromatic nitrogens is 1. The third kappa shape index (κ3) is 2.66. The molecule has 2 heterocycles. The fraction of sp³-hybridized carbons (Fsp3) is 0.167. The summed E-state index contributed by atoms with van der Waals surface area (Å²) >= 11 is 1.49. The average molecular weight is 356 g/mol. The number of halogens is 1. The summed E-state index contributed by atoms with van der Waals surface area (Å²) in [7, 11) is 0. The summed E-state index contributed by atoms with van der Waals surface area (Å²) < 4.78 is 15.3. The van der Waals surface area contributed by atoms with Gasteiger partial charge in [-0.15, -0.1) is 11.3 Å². The van der Waals surface area contributed by atoms with Crippen LogP contribution in [0.1, 0.15) is 16.5 Å². The highest BCUT2D eigenvalue weighted by molar-refractivity contribution is 7.18. The standard InChI is InChI=1S/C18H13FN2O3S/c19-12-5-3-4-10-11(18(24)21(17(10)12)9-16(22)23)8-15-20-13-6-1-2-7-14(13)25-15/h1-7,11H,8-9H2,(H,22,23). The van der Waals surface area contributed by atoms with E-state index in [1.807, 2.05) is 24.3 Å². The van der Waals surface area contributed by atoms with Gasteiger partial charge in [-0.05, 0) is 23.8 Å². The molecule has 0 radical (unpaired) electrons. The van der Waals surface area contributed by atoms with Crippen LogP contribution >= 0.6 is 11.3 Å². The molecule has 7 heteroatoms. The normalized spacial score (nSPS) is 16.4. The highest BCUT2D eigenvalue weighted by atomic mass is 32.1. The quantitative estimate of drug-likeness (QED) is 0.779. The zero-order valence-electron chi connectivity index (χ0n) is 13.0. The van der Waals surface area contributed by atoms with Crippen LogP contribution in [0.15, 0.2) is 42.5 Å². The lowest BCUT2D eigenvalue weighted by Crippen LogP contribution is -2.34. The number of rotatable bonds is 4. The van der Waals surface area contributed by atoms with E-state index in [4.69, 9.17) is 5.11 Å². The highest BCUT2D eigenvalue weighted by Crippen LogP contribution is 2.41. The predicted molar refractivity (Wildman–Crippen MR) is 92.5 cm³/mol. The average Bonchev–Trinajstić information content (AvgIpc) is 3.09. The monoisotopic (exact) mass is 356 g/mol. The van der Waals surface area contributed by atoms with E-state index in [-0.39, 0.29) is 5.69 Å². The van der Waals surface area contributed by atoms with Crippen molar-refractivity contribution >= 4 is 39.1 Å². The van der Waals surface area contributed by atoms with Crippen LogP contribution < -0.4 is 4.90 Å². The number of hydrogen-bond donors (Lipinski definition) is 1. The smallest absolute Gasteiger partial charge is 0.323 e. The molecule has 1 unspecified atom stereocenters. The third-order valence-electron chi connectivity index (χ3n) is 4.24. The van der Waals surface area contributed by atoms with Crippen molar-refractivity contribution in [1.29, 1.82) is 0 Å². The molecule has 1 aliphatic heterocycles. The summed E-state index contributed by atoms with van der Waals surface area (Å²) in [5, 5.41) is 9.82. The van der Waals surface area contributed by atoms with Crippen LogP contribution in [0.5, 0.6) is 0 Å². The van der Waals surface area contributed by atoms with E-state index < -0.39 is 30.2 Å². The minimum atomic E-state index is -1.18. The van der Waals surface area contributed by atoms with Gasteiger partial charge in [0.05, 0.1) is 26.8 Å². The Bertz CT molecular complexity index is 968. The number of para-hydroxylation sites is 2. The SMILES string of the molecule is O=C(O)CN1C(=O)C(Cc2nc3ccccc3s2)c2cccc(F)c21. The first-order chi connectivity index (χ1) is 12.0. The van der Waals surface area contributed by atoms with E-state index in [1.54, 1.807) is 6.07 Å². The fourth-order valence-corrected chi connectivity index (χ4v) is 4.21. The number of aliphatic carboxylic acids is 1. The first-order valence-corrected chi connectivity index (χ1v) is 8.52. The Balaban J connectivity index is 1.73. The first-order valence-electron chi connectivity index (χ1n) is 7.70. The van der Waals surface area contributed by atoms with Crippen LogP contribution in [-0.4, -0.2) is 28.5 Å². The van der Waals surface area contributed by atoms with Crippen LogP contribution in [0, 0.1) is 5.82 Å². The summed E-state index contributed by atoms with van der Waals surface area (Å²) in [4.78, 5) is 29.4. The molecule has 126 valence electrons. The first kappa shape index (κ1) is 15.7. The highest BCUT2D eigenvalue weighted by Gasteiger charge is 2.40. The molecule has 25 heavy (non-hydrogen) atoms. The Morgan fingerprint density at radius 1 is 1.24 bits per heavy atom. The van der Waals surface area contributed by atoms with Crippen molar-refractivity contribution in [1.82, 2.24) is 4.98 Å². The second kappa shape index (κ2) is 5.93. The van der Waals surface area contributed by atoms with Crippen molar-refractivity contribution in [2.45, 2.75) is 12.3 Å². The van der Waals surface area contributed by atoms with Gasteiger partial charge in [-0.3, -0.25) is 14.5 Å². The molecule has 1 aromatic heterocycles. The second-order valence-corrected chi connectivity index (χ2v) is 6.94. The lowest BCUT2D eigenvalue weighted by molar-refractivity contribution is -0.136. The molecule has 0 saturated heterocycles. The molecule has 5 nitrogen and oxygen atoms in total. The Hall–Kier alpha value is -2.80. The number of carboxylic acids is 1. The molecule has 1 atom stereocenters. The van der Waals surface area contributed by atoms with Crippen molar-refractivity contribution in [3.05, 3.63) is 58.9 Å². The number of benzene rings is 2. The van der Waals surface area contributed by atoms with Gasteiger partial charge in [0.25, 0.3) is 0 Å². The lowest BCUT2D eigenvalue weighted by Gasteiger charge is -2.15. The van der Waals surface area contributed by atoms with Crippen molar-refractivity contribution in [2.75, 3.05) is 11.4 Å². The fourth-order valence-electron chi connectivity index (χ4n) is 3.20. The predicted octanol–water partition coefficient (Wildman–Crippen LogP) is 3.19. The Kier molecular flexibility index (Phi) is 3.73. The van der Waals surface area contributed by atoms with Crippen molar-refractivity contribution in [2.24, 2.45) is 0 Å². The molecule has 0 aliphatic carbocycles. The van der Waals surface area contributed by atoms with Gasteiger partial charge >= 0.3 is 5.97 Å². The van der Waals surface area contributed by atoms with Gasteiger partial charge in [-0.25, -0.2) is 9.37 Å². The Labute approximate surface area is 146 Å². The van der Waals surface area contributed by atoms with Crippen molar-refractivity contribution in [3.63, 3.8) is 0 Å². The summed E-state index contributed by atoms with van der Waals surface area (Å²) in [6, 6.07) is 12.1.